The monoisotopic (exact) mass is 395 g/mol. The van der Waals surface area contributed by atoms with Crippen molar-refractivity contribution in [3.63, 3.8) is 0 Å². The highest BCUT2D eigenvalue weighted by Crippen LogP contribution is 2.33. The van der Waals surface area contributed by atoms with Crippen molar-refractivity contribution >= 4 is 23.8 Å². The van der Waals surface area contributed by atoms with Crippen molar-refractivity contribution in [3.05, 3.63) is 58.5 Å². The predicted octanol–water partition coefficient (Wildman–Crippen LogP) is 3.54. The fraction of sp³-hybridized carbons (Fsp3) is 0.118. The van der Waals surface area contributed by atoms with Crippen molar-refractivity contribution in [3.8, 4) is 11.3 Å². The van der Waals surface area contributed by atoms with Gasteiger partial charge in [0.25, 0.3) is 5.22 Å². The highest BCUT2D eigenvalue weighted by atomic mass is 32.2. The summed E-state index contributed by atoms with van der Waals surface area (Å²) in [4.78, 5) is 11.0. The molecule has 6 nitrogen and oxygen atoms in total. The number of carbonyl (C=O) groups is 1. The molecule has 0 spiro atoms. The number of alkyl halides is 3. The molecular weight excluding hydrogens is 385 g/mol. The van der Waals surface area contributed by atoms with Crippen LogP contribution in [0.2, 0.25) is 0 Å². The van der Waals surface area contributed by atoms with Gasteiger partial charge in [-0.2, -0.15) is 13.2 Å². The maximum atomic E-state index is 12.8. The second-order valence-electron chi connectivity index (χ2n) is 5.27. The summed E-state index contributed by atoms with van der Waals surface area (Å²) in [6.45, 7) is 1.55. The highest BCUT2D eigenvalue weighted by molar-refractivity contribution is 8.03. The fourth-order valence-corrected chi connectivity index (χ4v) is 2.80. The van der Waals surface area contributed by atoms with Gasteiger partial charge >= 0.3 is 6.18 Å². The lowest BCUT2D eigenvalue weighted by molar-refractivity contribution is -0.298. The number of aryl methyl sites for hydroxylation is 1. The van der Waals surface area contributed by atoms with Gasteiger partial charge in [0, 0.05) is 17.4 Å². The van der Waals surface area contributed by atoms with Gasteiger partial charge in [-0.1, -0.05) is 12.1 Å². The number of carbonyl (C=O) groups excluding carboxylic acids is 1. The molecule has 0 amide bonds. The number of carboxylic acid groups (broad SMARTS) is 1. The van der Waals surface area contributed by atoms with E-state index < -0.39 is 17.7 Å². The van der Waals surface area contributed by atoms with Gasteiger partial charge < -0.3 is 18.7 Å². The Bertz CT molecular complexity index is 1010. The van der Waals surface area contributed by atoms with Crippen LogP contribution in [0.3, 0.4) is 0 Å². The summed E-state index contributed by atoms with van der Waals surface area (Å²) in [5, 5.41) is 18.6. The zero-order valence-corrected chi connectivity index (χ0v) is 14.4. The molecule has 0 atom stereocenters. The number of furan rings is 1. The van der Waals surface area contributed by atoms with Crippen LogP contribution in [-0.2, 0) is 11.0 Å². The standard InChI is InChI=1S/C17H11F3N2O4S/c1-9-21-22-16(25-9)27-14(15(23)24)8-12-5-6-13(26-12)10-3-2-4-11(7-10)17(18,19)20/h2-8H,1H3,(H,23,24)/p-1/b14-8+. The number of benzene rings is 1. The molecule has 1 aromatic carbocycles. The van der Waals surface area contributed by atoms with Crippen LogP contribution < -0.4 is 5.11 Å². The van der Waals surface area contributed by atoms with Gasteiger partial charge in [-0.05, 0) is 42.1 Å². The van der Waals surface area contributed by atoms with Crippen molar-refractivity contribution in [2.24, 2.45) is 0 Å². The number of rotatable bonds is 5. The van der Waals surface area contributed by atoms with Gasteiger partial charge in [0.1, 0.15) is 11.5 Å². The van der Waals surface area contributed by atoms with Gasteiger partial charge in [-0.3, -0.25) is 0 Å². The van der Waals surface area contributed by atoms with Crippen molar-refractivity contribution in [1.29, 1.82) is 0 Å². The van der Waals surface area contributed by atoms with E-state index in [1.807, 2.05) is 0 Å². The Balaban J connectivity index is 1.87. The van der Waals surface area contributed by atoms with Crippen LogP contribution in [0.25, 0.3) is 17.4 Å². The lowest BCUT2D eigenvalue weighted by Gasteiger charge is -2.07. The average molecular weight is 395 g/mol. The molecule has 0 saturated carbocycles. The fourth-order valence-electron chi connectivity index (χ4n) is 2.11. The van der Waals surface area contributed by atoms with E-state index in [-0.39, 0.29) is 33.1 Å². The molecule has 0 aliphatic rings. The average Bonchev–Trinajstić information content (AvgIpc) is 3.23. The SMILES string of the molecule is Cc1nnc(S/C(=C/c2ccc(-c3cccc(C(F)(F)F)c3)o2)C(=O)[O-])o1. The van der Waals surface area contributed by atoms with E-state index in [1.165, 1.54) is 24.3 Å². The van der Waals surface area contributed by atoms with E-state index in [1.54, 1.807) is 6.92 Å². The predicted molar refractivity (Wildman–Crippen MR) is 87.0 cm³/mol. The minimum absolute atomic E-state index is 0.00704. The lowest BCUT2D eigenvalue weighted by atomic mass is 10.1. The molecule has 0 aliphatic heterocycles. The molecule has 0 unspecified atom stereocenters. The Morgan fingerprint density at radius 2 is 1.96 bits per heavy atom. The quantitative estimate of drug-likeness (QED) is 0.482. The van der Waals surface area contributed by atoms with E-state index in [0.29, 0.717) is 11.8 Å². The summed E-state index contributed by atoms with van der Waals surface area (Å²) < 4.78 is 49.0. The number of aliphatic carboxylic acids is 1. The number of halogens is 3. The molecule has 0 bridgehead atoms. The molecule has 3 aromatic rings. The first-order chi connectivity index (χ1) is 12.7. The third-order valence-corrected chi connectivity index (χ3v) is 4.12. The summed E-state index contributed by atoms with van der Waals surface area (Å²) in [7, 11) is 0. The van der Waals surface area contributed by atoms with E-state index in [2.05, 4.69) is 10.2 Å². The van der Waals surface area contributed by atoms with E-state index in [9.17, 15) is 23.1 Å². The highest BCUT2D eigenvalue weighted by Gasteiger charge is 2.30. The van der Waals surface area contributed by atoms with E-state index >= 15 is 0 Å². The number of hydrogen-bond acceptors (Lipinski definition) is 7. The summed E-state index contributed by atoms with van der Waals surface area (Å²) >= 11 is 0.673. The van der Waals surface area contributed by atoms with Gasteiger partial charge in [0.05, 0.1) is 11.5 Å². The van der Waals surface area contributed by atoms with Gasteiger partial charge in [-0.25, -0.2) is 0 Å². The number of carboxylic acids is 1. The Hall–Kier alpha value is -3.01. The Morgan fingerprint density at radius 3 is 2.59 bits per heavy atom. The summed E-state index contributed by atoms with van der Waals surface area (Å²) in [6, 6.07) is 7.48. The minimum Gasteiger partial charge on any atom is -0.544 e. The molecule has 2 aromatic heterocycles. The molecule has 0 aliphatic carbocycles. The minimum atomic E-state index is -4.48. The molecule has 0 saturated heterocycles. The van der Waals surface area contributed by atoms with Crippen molar-refractivity contribution in [1.82, 2.24) is 10.2 Å². The number of aromatic nitrogens is 2. The van der Waals surface area contributed by atoms with Gasteiger partial charge in [-0.15, -0.1) is 10.2 Å². The first-order valence-electron chi connectivity index (χ1n) is 7.41. The molecule has 0 fully saturated rings. The Kier molecular flexibility index (Phi) is 5.08. The van der Waals surface area contributed by atoms with E-state index in [0.717, 1.165) is 18.2 Å². The molecule has 2 heterocycles. The maximum absolute atomic E-state index is 12.8. The summed E-state index contributed by atoms with van der Waals surface area (Å²) in [5.41, 5.74) is -0.606. The molecule has 3 rings (SSSR count). The summed E-state index contributed by atoms with van der Waals surface area (Å²) in [6.07, 6.45) is -3.32. The smallest absolute Gasteiger partial charge is 0.416 e. The molecule has 10 heteroatoms. The van der Waals surface area contributed by atoms with Crippen molar-refractivity contribution in [2.45, 2.75) is 18.3 Å². The van der Waals surface area contributed by atoms with Crippen LogP contribution in [0.4, 0.5) is 13.2 Å². The molecular formula is C17H10F3N2O4S-. The zero-order valence-electron chi connectivity index (χ0n) is 13.6. The van der Waals surface area contributed by atoms with Gasteiger partial charge in [0.15, 0.2) is 0 Å². The second kappa shape index (κ2) is 7.31. The molecule has 0 N–H and O–H groups in total. The maximum Gasteiger partial charge on any atom is 0.416 e. The number of nitrogens with zero attached hydrogens (tertiary/aromatic N) is 2. The summed E-state index contributed by atoms with van der Waals surface area (Å²) in [5.74, 6) is -0.957. The topological polar surface area (TPSA) is 92.2 Å². The van der Waals surface area contributed by atoms with Crippen LogP contribution in [0.5, 0.6) is 0 Å². The molecule has 27 heavy (non-hydrogen) atoms. The van der Waals surface area contributed by atoms with Crippen LogP contribution in [-0.4, -0.2) is 16.2 Å². The van der Waals surface area contributed by atoms with Crippen LogP contribution >= 0.6 is 11.8 Å². The Labute approximate surface area is 154 Å². The van der Waals surface area contributed by atoms with E-state index in [4.69, 9.17) is 8.83 Å². The third-order valence-electron chi connectivity index (χ3n) is 3.28. The first-order valence-corrected chi connectivity index (χ1v) is 8.22. The zero-order chi connectivity index (χ0) is 19.6. The van der Waals surface area contributed by atoms with Crippen molar-refractivity contribution < 1.29 is 31.9 Å². The van der Waals surface area contributed by atoms with Crippen LogP contribution in [0.1, 0.15) is 17.2 Å². The number of hydrogen-bond donors (Lipinski definition) is 0. The molecule has 140 valence electrons. The second-order valence-corrected chi connectivity index (χ2v) is 6.26. The van der Waals surface area contributed by atoms with Crippen LogP contribution in [0, 0.1) is 6.92 Å². The van der Waals surface area contributed by atoms with Gasteiger partial charge in [0.2, 0.25) is 5.89 Å². The molecule has 0 radical (unpaired) electrons. The Morgan fingerprint density at radius 1 is 1.19 bits per heavy atom. The largest absolute Gasteiger partial charge is 0.544 e. The first kappa shape index (κ1) is 18.8. The van der Waals surface area contributed by atoms with Crippen molar-refractivity contribution in [2.75, 3.05) is 0 Å². The third kappa shape index (κ3) is 4.59. The lowest BCUT2D eigenvalue weighted by Crippen LogP contribution is -2.22. The normalized spacial score (nSPS) is 12.4. The number of thioether (sulfide) groups is 1. The van der Waals surface area contributed by atoms with Crippen LogP contribution in [0.15, 0.2) is 55.4 Å².